The van der Waals surface area contributed by atoms with E-state index in [9.17, 15) is 9.59 Å². The van der Waals surface area contributed by atoms with Crippen molar-refractivity contribution < 1.29 is 14.3 Å². The third kappa shape index (κ3) is 7.26. The van der Waals surface area contributed by atoms with Crippen LogP contribution in [0.4, 0.5) is 0 Å². The van der Waals surface area contributed by atoms with Crippen molar-refractivity contribution in [2.75, 3.05) is 6.61 Å². The van der Waals surface area contributed by atoms with Gasteiger partial charge >= 0.3 is 0 Å². The lowest BCUT2D eigenvalue weighted by molar-refractivity contribution is -0.142. The zero-order valence-electron chi connectivity index (χ0n) is 18.3. The summed E-state index contributed by atoms with van der Waals surface area (Å²) < 4.78 is 5.69. The molecule has 0 radical (unpaired) electrons. The molecular formula is C24H32N2O3. The van der Waals surface area contributed by atoms with Gasteiger partial charge in [0.05, 0.1) is 0 Å². The van der Waals surface area contributed by atoms with Crippen LogP contribution >= 0.6 is 0 Å². The molecular weight excluding hydrogens is 364 g/mol. The van der Waals surface area contributed by atoms with E-state index in [0.29, 0.717) is 12.3 Å². The smallest absolute Gasteiger partial charge is 0.261 e. The molecule has 0 saturated carbocycles. The standard InChI is InChI=1S/C24H32N2O3/c1-17-10-12-20(13-11-17)15-26(19(3)23(28)25-24(4,5)6)22(27)16-29-21-9-7-8-18(2)14-21/h7-14,19H,15-16H2,1-6H3,(H,25,28)/t19-/m1/s1. The van der Waals surface area contributed by atoms with Crippen LogP contribution in [-0.4, -0.2) is 34.9 Å². The Morgan fingerprint density at radius 1 is 1.03 bits per heavy atom. The molecule has 0 spiro atoms. The molecule has 0 aliphatic carbocycles. The van der Waals surface area contributed by atoms with Gasteiger partial charge in [-0.3, -0.25) is 9.59 Å². The Morgan fingerprint density at radius 2 is 1.69 bits per heavy atom. The number of hydrogen-bond acceptors (Lipinski definition) is 3. The quantitative estimate of drug-likeness (QED) is 0.769. The van der Waals surface area contributed by atoms with Crippen LogP contribution in [-0.2, 0) is 16.1 Å². The average molecular weight is 397 g/mol. The second-order valence-corrected chi connectivity index (χ2v) is 8.53. The molecule has 0 heterocycles. The van der Waals surface area contributed by atoms with Crippen LogP contribution in [0, 0.1) is 13.8 Å². The first-order valence-corrected chi connectivity index (χ1v) is 9.91. The Labute approximate surface area is 174 Å². The molecule has 0 fully saturated rings. The number of aryl methyl sites for hydroxylation is 2. The highest BCUT2D eigenvalue weighted by Crippen LogP contribution is 2.15. The maximum atomic E-state index is 13.0. The van der Waals surface area contributed by atoms with Crippen molar-refractivity contribution in [3.63, 3.8) is 0 Å². The van der Waals surface area contributed by atoms with Gasteiger partial charge in [-0.25, -0.2) is 0 Å². The van der Waals surface area contributed by atoms with E-state index in [0.717, 1.165) is 16.7 Å². The number of benzene rings is 2. The molecule has 1 atom stereocenters. The fraction of sp³-hybridized carbons (Fsp3) is 0.417. The first-order chi connectivity index (χ1) is 13.5. The van der Waals surface area contributed by atoms with Crippen molar-refractivity contribution in [3.8, 4) is 5.75 Å². The van der Waals surface area contributed by atoms with Crippen LogP contribution in [0.2, 0.25) is 0 Å². The van der Waals surface area contributed by atoms with Crippen molar-refractivity contribution in [1.29, 1.82) is 0 Å². The molecule has 0 aliphatic rings. The van der Waals surface area contributed by atoms with Gasteiger partial charge in [0.15, 0.2) is 6.61 Å². The summed E-state index contributed by atoms with van der Waals surface area (Å²) in [5.74, 6) is 0.220. The predicted octanol–water partition coefficient (Wildman–Crippen LogP) is 4.01. The molecule has 2 amide bonds. The van der Waals surface area contributed by atoms with Gasteiger partial charge in [0.2, 0.25) is 5.91 Å². The maximum Gasteiger partial charge on any atom is 0.261 e. The number of carbonyl (C=O) groups excluding carboxylic acids is 2. The monoisotopic (exact) mass is 396 g/mol. The molecule has 0 aliphatic heterocycles. The third-order valence-corrected chi connectivity index (χ3v) is 4.49. The fourth-order valence-electron chi connectivity index (χ4n) is 2.88. The van der Waals surface area contributed by atoms with Crippen molar-refractivity contribution in [2.45, 2.75) is 59.7 Å². The minimum atomic E-state index is -0.621. The average Bonchev–Trinajstić information content (AvgIpc) is 2.64. The highest BCUT2D eigenvalue weighted by molar-refractivity contribution is 5.88. The number of nitrogens with one attached hydrogen (secondary N) is 1. The van der Waals surface area contributed by atoms with E-state index >= 15 is 0 Å². The van der Waals surface area contributed by atoms with Crippen molar-refractivity contribution in [3.05, 3.63) is 65.2 Å². The summed E-state index contributed by atoms with van der Waals surface area (Å²) in [4.78, 5) is 27.3. The molecule has 29 heavy (non-hydrogen) atoms. The highest BCUT2D eigenvalue weighted by Gasteiger charge is 2.28. The molecule has 2 aromatic carbocycles. The normalized spacial score (nSPS) is 12.2. The van der Waals surface area contributed by atoms with E-state index in [-0.39, 0.29) is 24.0 Å². The van der Waals surface area contributed by atoms with Gasteiger partial charge in [-0.2, -0.15) is 0 Å². The molecule has 2 aromatic rings. The summed E-state index contributed by atoms with van der Waals surface area (Å²) in [6, 6.07) is 14.9. The second-order valence-electron chi connectivity index (χ2n) is 8.53. The lowest BCUT2D eigenvalue weighted by atomic mass is 10.1. The Morgan fingerprint density at radius 3 is 2.28 bits per heavy atom. The second kappa shape index (κ2) is 9.59. The maximum absolute atomic E-state index is 13.0. The summed E-state index contributed by atoms with van der Waals surface area (Å²) in [6.07, 6.45) is 0. The molecule has 156 valence electrons. The fourth-order valence-corrected chi connectivity index (χ4v) is 2.88. The van der Waals surface area contributed by atoms with E-state index in [1.54, 1.807) is 11.8 Å². The lowest BCUT2D eigenvalue weighted by Crippen LogP contribution is -2.53. The first-order valence-electron chi connectivity index (χ1n) is 9.91. The summed E-state index contributed by atoms with van der Waals surface area (Å²) in [5.41, 5.74) is 2.80. The van der Waals surface area contributed by atoms with Gasteiger partial charge in [-0.1, -0.05) is 42.0 Å². The zero-order valence-corrected chi connectivity index (χ0v) is 18.3. The minimum absolute atomic E-state index is 0.123. The Bertz CT molecular complexity index is 838. The lowest BCUT2D eigenvalue weighted by Gasteiger charge is -2.31. The Kier molecular flexibility index (Phi) is 7.43. The van der Waals surface area contributed by atoms with Crippen LogP contribution in [0.25, 0.3) is 0 Å². The number of hydrogen-bond donors (Lipinski definition) is 1. The number of ether oxygens (including phenoxy) is 1. The number of amides is 2. The minimum Gasteiger partial charge on any atom is -0.484 e. The van der Waals surface area contributed by atoms with E-state index in [1.165, 1.54) is 0 Å². The van der Waals surface area contributed by atoms with E-state index in [4.69, 9.17) is 4.74 Å². The Hall–Kier alpha value is -2.82. The number of nitrogens with zero attached hydrogens (tertiary/aromatic N) is 1. The van der Waals surface area contributed by atoms with Gasteiger partial charge in [0.1, 0.15) is 11.8 Å². The zero-order chi connectivity index (χ0) is 21.6. The van der Waals surface area contributed by atoms with Crippen molar-refractivity contribution >= 4 is 11.8 Å². The molecule has 5 nitrogen and oxygen atoms in total. The highest BCUT2D eigenvalue weighted by atomic mass is 16.5. The molecule has 5 heteroatoms. The summed E-state index contributed by atoms with van der Waals surface area (Å²) >= 11 is 0. The summed E-state index contributed by atoms with van der Waals surface area (Å²) in [7, 11) is 0. The predicted molar refractivity (Wildman–Crippen MR) is 116 cm³/mol. The molecule has 0 unspecified atom stereocenters. The van der Waals surface area contributed by atoms with E-state index < -0.39 is 6.04 Å². The van der Waals surface area contributed by atoms with Crippen LogP contribution in [0.1, 0.15) is 44.4 Å². The molecule has 0 bridgehead atoms. The van der Waals surface area contributed by atoms with Crippen LogP contribution in [0.3, 0.4) is 0 Å². The van der Waals surface area contributed by atoms with Gasteiger partial charge in [-0.15, -0.1) is 0 Å². The molecule has 2 rings (SSSR count). The third-order valence-electron chi connectivity index (χ3n) is 4.49. The van der Waals surface area contributed by atoms with Crippen molar-refractivity contribution in [1.82, 2.24) is 10.2 Å². The van der Waals surface area contributed by atoms with Gasteiger partial charge < -0.3 is 15.0 Å². The van der Waals surface area contributed by atoms with Crippen LogP contribution in [0.15, 0.2) is 48.5 Å². The van der Waals surface area contributed by atoms with Gasteiger partial charge in [0.25, 0.3) is 5.91 Å². The largest absolute Gasteiger partial charge is 0.484 e. The van der Waals surface area contributed by atoms with Crippen molar-refractivity contribution in [2.24, 2.45) is 0 Å². The number of rotatable bonds is 7. The Balaban J connectivity index is 2.16. The summed E-state index contributed by atoms with van der Waals surface area (Å²) in [6.45, 7) is 11.7. The molecule has 0 aromatic heterocycles. The summed E-state index contributed by atoms with van der Waals surface area (Å²) in [5, 5.41) is 2.96. The first kappa shape index (κ1) is 22.5. The van der Waals surface area contributed by atoms with E-state index in [1.807, 2.05) is 83.1 Å². The van der Waals surface area contributed by atoms with Gasteiger partial charge in [-0.05, 0) is 64.8 Å². The number of carbonyl (C=O) groups is 2. The van der Waals surface area contributed by atoms with Crippen LogP contribution in [0.5, 0.6) is 5.75 Å². The SMILES string of the molecule is Cc1ccc(CN(C(=O)COc2cccc(C)c2)[C@H](C)C(=O)NC(C)(C)C)cc1. The molecule has 1 N–H and O–H groups in total. The van der Waals surface area contributed by atoms with Crippen LogP contribution < -0.4 is 10.1 Å². The van der Waals surface area contributed by atoms with Gasteiger partial charge in [0, 0.05) is 12.1 Å². The van der Waals surface area contributed by atoms with E-state index in [2.05, 4.69) is 5.32 Å². The molecule has 0 saturated heterocycles. The topological polar surface area (TPSA) is 58.6 Å².